The third kappa shape index (κ3) is 4.91. The van der Waals surface area contributed by atoms with Crippen LogP contribution in [0.4, 0.5) is 5.69 Å². The maximum atomic E-state index is 12.6. The van der Waals surface area contributed by atoms with E-state index in [4.69, 9.17) is 9.47 Å². The van der Waals surface area contributed by atoms with Crippen LogP contribution in [0, 0.1) is 6.92 Å². The van der Waals surface area contributed by atoms with Crippen LogP contribution in [0.1, 0.15) is 35.3 Å². The molecule has 6 heteroatoms. The maximum Gasteiger partial charge on any atom is 0.255 e. The number of anilines is 1. The van der Waals surface area contributed by atoms with Crippen LogP contribution in [0.3, 0.4) is 0 Å². The van der Waals surface area contributed by atoms with Gasteiger partial charge in [-0.15, -0.1) is 0 Å². The fraction of sp³-hybridized carbons (Fsp3) is 0.273. The molecule has 1 heterocycles. The van der Waals surface area contributed by atoms with Gasteiger partial charge in [-0.1, -0.05) is 29.8 Å². The first-order valence-electron chi connectivity index (χ1n) is 9.38. The lowest BCUT2D eigenvalue weighted by Crippen LogP contribution is -2.12. The Kier molecular flexibility index (Phi) is 6.32. The standard InChI is InChI=1S/C22H25N3O3/c1-4-27-20-10-9-18(12-21(20)28-5-2)22(26)24-19-13-23-25(15-19)14-17-8-6-7-16(3)11-17/h6-13,15H,4-5,14H2,1-3H3,(H,24,26). The van der Waals surface area contributed by atoms with Crippen molar-refractivity contribution in [3.05, 3.63) is 71.5 Å². The van der Waals surface area contributed by atoms with Crippen molar-refractivity contribution in [2.45, 2.75) is 27.3 Å². The quantitative estimate of drug-likeness (QED) is 0.634. The smallest absolute Gasteiger partial charge is 0.255 e. The van der Waals surface area contributed by atoms with Crippen molar-refractivity contribution in [1.82, 2.24) is 9.78 Å². The number of hydrogen-bond donors (Lipinski definition) is 1. The van der Waals surface area contributed by atoms with Crippen molar-refractivity contribution < 1.29 is 14.3 Å². The van der Waals surface area contributed by atoms with Crippen molar-refractivity contribution in [2.75, 3.05) is 18.5 Å². The van der Waals surface area contributed by atoms with E-state index in [9.17, 15) is 4.79 Å². The second kappa shape index (κ2) is 9.08. The van der Waals surface area contributed by atoms with E-state index in [1.54, 1.807) is 29.1 Å². The van der Waals surface area contributed by atoms with E-state index in [1.807, 2.05) is 26.1 Å². The number of nitrogens with zero attached hydrogens (tertiary/aromatic N) is 2. The zero-order valence-corrected chi connectivity index (χ0v) is 16.4. The molecule has 3 rings (SSSR count). The minimum absolute atomic E-state index is 0.223. The molecule has 0 saturated heterocycles. The predicted molar refractivity (Wildman–Crippen MR) is 109 cm³/mol. The van der Waals surface area contributed by atoms with Gasteiger partial charge < -0.3 is 14.8 Å². The molecule has 0 saturated carbocycles. The van der Waals surface area contributed by atoms with Crippen molar-refractivity contribution >= 4 is 11.6 Å². The third-order valence-corrected chi connectivity index (χ3v) is 4.12. The van der Waals surface area contributed by atoms with Crippen molar-refractivity contribution in [3.63, 3.8) is 0 Å². The molecule has 0 aliphatic rings. The molecule has 0 bridgehead atoms. The molecule has 1 aromatic heterocycles. The van der Waals surface area contributed by atoms with Gasteiger partial charge >= 0.3 is 0 Å². The number of nitrogens with one attached hydrogen (secondary N) is 1. The molecule has 3 aromatic rings. The summed E-state index contributed by atoms with van der Waals surface area (Å²) in [4.78, 5) is 12.6. The zero-order valence-electron chi connectivity index (χ0n) is 16.4. The molecule has 0 aliphatic heterocycles. The van der Waals surface area contributed by atoms with E-state index in [1.165, 1.54) is 5.56 Å². The van der Waals surface area contributed by atoms with Gasteiger partial charge in [0, 0.05) is 11.8 Å². The van der Waals surface area contributed by atoms with Crippen LogP contribution < -0.4 is 14.8 Å². The van der Waals surface area contributed by atoms with Crippen LogP contribution in [0.2, 0.25) is 0 Å². The average molecular weight is 379 g/mol. The number of ether oxygens (including phenoxy) is 2. The van der Waals surface area contributed by atoms with Crippen LogP contribution >= 0.6 is 0 Å². The Morgan fingerprint density at radius 3 is 2.61 bits per heavy atom. The zero-order chi connectivity index (χ0) is 19.9. The van der Waals surface area contributed by atoms with E-state index in [0.717, 1.165) is 5.56 Å². The molecule has 28 heavy (non-hydrogen) atoms. The number of carbonyl (C=O) groups is 1. The van der Waals surface area contributed by atoms with Gasteiger partial charge in [0.15, 0.2) is 11.5 Å². The van der Waals surface area contributed by atoms with Gasteiger partial charge in [0.05, 0.1) is 31.6 Å². The minimum atomic E-state index is -0.223. The first kappa shape index (κ1) is 19.5. The summed E-state index contributed by atoms with van der Waals surface area (Å²) in [6, 6.07) is 13.4. The highest BCUT2D eigenvalue weighted by Gasteiger charge is 2.12. The Hall–Kier alpha value is -3.28. The molecule has 0 spiro atoms. The Morgan fingerprint density at radius 1 is 1.07 bits per heavy atom. The topological polar surface area (TPSA) is 65.4 Å². The number of rotatable bonds is 8. The van der Waals surface area contributed by atoms with E-state index in [-0.39, 0.29) is 5.91 Å². The summed E-state index contributed by atoms with van der Waals surface area (Å²) in [5.41, 5.74) is 3.51. The van der Waals surface area contributed by atoms with Crippen LogP contribution in [-0.2, 0) is 6.54 Å². The molecule has 0 aliphatic carbocycles. The lowest BCUT2D eigenvalue weighted by molar-refractivity contribution is 0.102. The highest BCUT2D eigenvalue weighted by atomic mass is 16.5. The first-order chi connectivity index (χ1) is 13.6. The second-order valence-corrected chi connectivity index (χ2v) is 6.40. The van der Waals surface area contributed by atoms with Gasteiger partial charge in [-0.2, -0.15) is 5.10 Å². The lowest BCUT2D eigenvalue weighted by Gasteiger charge is -2.12. The molecule has 0 fully saturated rings. The molecule has 6 nitrogen and oxygen atoms in total. The molecule has 1 amide bonds. The summed E-state index contributed by atoms with van der Waals surface area (Å²) >= 11 is 0. The normalized spacial score (nSPS) is 10.5. The van der Waals surface area contributed by atoms with Gasteiger partial charge in [0.25, 0.3) is 5.91 Å². The Bertz CT molecular complexity index is 950. The molecule has 0 atom stereocenters. The highest BCUT2D eigenvalue weighted by Crippen LogP contribution is 2.28. The van der Waals surface area contributed by atoms with Gasteiger partial charge in [-0.25, -0.2) is 0 Å². The number of aromatic nitrogens is 2. The van der Waals surface area contributed by atoms with E-state index in [0.29, 0.717) is 42.5 Å². The first-order valence-corrected chi connectivity index (χ1v) is 9.38. The molecule has 1 N–H and O–H groups in total. The summed E-state index contributed by atoms with van der Waals surface area (Å²) in [6.45, 7) is 7.54. The Morgan fingerprint density at radius 2 is 1.86 bits per heavy atom. The van der Waals surface area contributed by atoms with Crippen LogP contribution in [-0.4, -0.2) is 28.9 Å². The summed E-state index contributed by atoms with van der Waals surface area (Å²) < 4.78 is 12.9. The fourth-order valence-corrected chi connectivity index (χ4v) is 2.91. The van der Waals surface area contributed by atoms with Crippen LogP contribution in [0.25, 0.3) is 0 Å². The Balaban J connectivity index is 1.69. The van der Waals surface area contributed by atoms with Crippen molar-refractivity contribution in [1.29, 1.82) is 0 Å². The third-order valence-electron chi connectivity index (χ3n) is 4.12. The predicted octanol–water partition coefficient (Wildman–Crippen LogP) is 4.29. The van der Waals surface area contributed by atoms with Crippen molar-refractivity contribution in [2.24, 2.45) is 0 Å². The molecule has 0 unspecified atom stereocenters. The summed E-state index contributed by atoms with van der Waals surface area (Å²) in [7, 11) is 0. The molecule has 146 valence electrons. The number of carbonyl (C=O) groups excluding carboxylic acids is 1. The highest BCUT2D eigenvalue weighted by molar-refractivity contribution is 6.04. The monoisotopic (exact) mass is 379 g/mol. The molecular weight excluding hydrogens is 354 g/mol. The van der Waals surface area contributed by atoms with E-state index < -0.39 is 0 Å². The fourth-order valence-electron chi connectivity index (χ4n) is 2.91. The van der Waals surface area contributed by atoms with Gasteiger partial charge in [0.2, 0.25) is 0 Å². The minimum Gasteiger partial charge on any atom is -0.490 e. The number of hydrogen-bond acceptors (Lipinski definition) is 4. The van der Waals surface area contributed by atoms with Crippen LogP contribution in [0.15, 0.2) is 54.9 Å². The van der Waals surface area contributed by atoms with Gasteiger partial charge in [-0.05, 0) is 44.5 Å². The van der Waals surface area contributed by atoms with Crippen molar-refractivity contribution in [3.8, 4) is 11.5 Å². The Labute approximate surface area is 165 Å². The number of amides is 1. The summed E-state index contributed by atoms with van der Waals surface area (Å²) in [5.74, 6) is 0.970. The SMILES string of the molecule is CCOc1ccc(C(=O)Nc2cnn(Cc3cccc(C)c3)c2)cc1OCC. The van der Waals surface area contributed by atoms with E-state index in [2.05, 4.69) is 35.5 Å². The summed E-state index contributed by atoms with van der Waals surface area (Å²) in [6.07, 6.45) is 3.46. The maximum absolute atomic E-state index is 12.6. The van der Waals surface area contributed by atoms with E-state index >= 15 is 0 Å². The molecule has 2 aromatic carbocycles. The largest absolute Gasteiger partial charge is 0.490 e. The summed E-state index contributed by atoms with van der Waals surface area (Å²) in [5, 5.41) is 7.21. The molecular formula is C22H25N3O3. The average Bonchev–Trinajstić information content (AvgIpc) is 3.10. The molecule has 0 radical (unpaired) electrons. The van der Waals surface area contributed by atoms with Crippen LogP contribution in [0.5, 0.6) is 11.5 Å². The number of aryl methyl sites for hydroxylation is 1. The van der Waals surface area contributed by atoms with Gasteiger partial charge in [0.1, 0.15) is 0 Å². The van der Waals surface area contributed by atoms with Gasteiger partial charge in [-0.3, -0.25) is 9.48 Å². The lowest BCUT2D eigenvalue weighted by atomic mass is 10.1. The number of benzene rings is 2. The second-order valence-electron chi connectivity index (χ2n) is 6.40.